The third-order valence-electron chi connectivity index (χ3n) is 6.35. The number of carbonyl (C=O) groups is 2. The Bertz CT molecular complexity index is 1130. The van der Waals surface area contributed by atoms with Crippen molar-refractivity contribution in [1.82, 2.24) is 0 Å². The van der Waals surface area contributed by atoms with E-state index in [9.17, 15) is 27.2 Å². The molecule has 1 saturated carbocycles. The molecule has 8 heteroatoms. The SMILES string of the molecule is C=Cc1ccc([C@@H](C(=O)Nc2cc(CC3(C(=O)OC(C)(C)C)CC3)ccc2F)[C@@H](C)C(F)(F)F)cc1. The number of hydrogen-bond donors (Lipinski definition) is 1. The Morgan fingerprint density at radius 2 is 1.72 bits per heavy atom. The molecule has 0 bridgehead atoms. The van der Waals surface area contributed by atoms with Crippen LogP contribution < -0.4 is 5.32 Å². The van der Waals surface area contributed by atoms with Crippen molar-refractivity contribution in [1.29, 1.82) is 0 Å². The Hall–Kier alpha value is -3.16. The van der Waals surface area contributed by atoms with Gasteiger partial charge in [0.1, 0.15) is 11.4 Å². The number of esters is 1. The van der Waals surface area contributed by atoms with Crippen molar-refractivity contribution in [3.8, 4) is 0 Å². The number of alkyl halides is 3. The number of benzene rings is 2. The third kappa shape index (κ3) is 6.53. The van der Waals surface area contributed by atoms with Crippen LogP contribution in [0.25, 0.3) is 6.08 Å². The van der Waals surface area contributed by atoms with Gasteiger partial charge in [0.05, 0.1) is 22.9 Å². The molecule has 0 aromatic heterocycles. The second-order valence-corrected chi connectivity index (χ2v) is 10.4. The summed E-state index contributed by atoms with van der Waals surface area (Å²) in [6.45, 7) is 9.86. The normalized spacial score (nSPS) is 16.6. The van der Waals surface area contributed by atoms with Crippen molar-refractivity contribution < 1.29 is 31.9 Å². The van der Waals surface area contributed by atoms with Crippen LogP contribution in [0.15, 0.2) is 49.0 Å². The summed E-state index contributed by atoms with van der Waals surface area (Å²) in [6, 6.07) is 10.0. The fourth-order valence-electron chi connectivity index (χ4n) is 4.07. The lowest BCUT2D eigenvalue weighted by molar-refractivity contribution is -0.178. The molecule has 3 rings (SSSR count). The standard InChI is InChI=1S/C28H31F4NO3/c1-6-18-7-10-20(11-8-18)23(17(2)28(30,31)32)24(34)33-22-15-19(9-12-21(22)29)16-27(13-14-27)25(35)36-26(3,4)5/h6-12,15,17,23H,1,13-14,16H2,2-5H3,(H,33,34)/t17-,23+/m1/s1. The molecular formula is C28H31F4NO3. The summed E-state index contributed by atoms with van der Waals surface area (Å²) in [6.07, 6.45) is -1.60. The minimum absolute atomic E-state index is 0.154. The van der Waals surface area contributed by atoms with Crippen LogP contribution in [0.2, 0.25) is 0 Å². The smallest absolute Gasteiger partial charge is 0.392 e. The van der Waals surface area contributed by atoms with Gasteiger partial charge in [-0.1, -0.05) is 49.9 Å². The molecule has 2 aromatic rings. The van der Waals surface area contributed by atoms with Gasteiger partial charge >= 0.3 is 12.1 Å². The number of anilines is 1. The highest BCUT2D eigenvalue weighted by molar-refractivity contribution is 5.96. The van der Waals surface area contributed by atoms with Crippen LogP contribution in [0.1, 0.15) is 63.1 Å². The van der Waals surface area contributed by atoms with Crippen molar-refractivity contribution >= 4 is 23.6 Å². The lowest BCUT2D eigenvalue weighted by Crippen LogP contribution is -2.34. The number of halogens is 4. The molecule has 36 heavy (non-hydrogen) atoms. The topological polar surface area (TPSA) is 55.4 Å². The molecule has 2 aromatic carbocycles. The van der Waals surface area contributed by atoms with Gasteiger partial charge in [-0.25, -0.2) is 4.39 Å². The molecule has 0 aliphatic heterocycles. The number of ether oxygens (including phenoxy) is 1. The number of hydrogen-bond acceptors (Lipinski definition) is 3. The molecule has 0 saturated heterocycles. The fourth-order valence-corrected chi connectivity index (χ4v) is 4.07. The highest BCUT2D eigenvalue weighted by Crippen LogP contribution is 2.50. The van der Waals surface area contributed by atoms with Crippen molar-refractivity contribution in [3.63, 3.8) is 0 Å². The summed E-state index contributed by atoms with van der Waals surface area (Å²) >= 11 is 0. The largest absolute Gasteiger partial charge is 0.460 e. The van der Waals surface area contributed by atoms with E-state index in [-0.39, 0.29) is 23.6 Å². The molecule has 1 aliphatic carbocycles. The number of rotatable bonds is 8. The van der Waals surface area contributed by atoms with E-state index < -0.39 is 40.8 Å². The first kappa shape index (κ1) is 27.4. The molecule has 2 atom stereocenters. The van der Waals surface area contributed by atoms with E-state index in [4.69, 9.17) is 4.74 Å². The van der Waals surface area contributed by atoms with Gasteiger partial charge in [-0.15, -0.1) is 0 Å². The van der Waals surface area contributed by atoms with Crippen LogP contribution in [0.5, 0.6) is 0 Å². The Morgan fingerprint density at radius 1 is 1.11 bits per heavy atom. The van der Waals surface area contributed by atoms with Gasteiger partial charge in [-0.05, 0) is 68.9 Å². The molecule has 4 nitrogen and oxygen atoms in total. The van der Waals surface area contributed by atoms with E-state index in [0.29, 0.717) is 24.0 Å². The molecule has 1 N–H and O–H groups in total. The molecule has 0 unspecified atom stereocenters. The predicted octanol–water partition coefficient (Wildman–Crippen LogP) is 7.05. The van der Waals surface area contributed by atoms with Crippen LogP contribution in [0.4, 0.5) is 23.2 Å². The van der Waals surface area contributed by atoms with Crippen molar-refractivity contribution in [3.05, 3.63) is 71.6 Å². The van der Waals surface area contributed by atoms with E-state index in [1.807, 2.05) is 0 Å². The molecule has 194 valence electrons. The summed E-state index contributed by atoms with van der Waals surface area (Å²) in [5, 5.41) is 2.35. The van der Waals surface area contributed by atoms with E-state index in [1.54, 1.807) is 32.9 Å². The molecule has 1 aliphatic rings. The van der Waals surface area contributed by atoms with Gasteiger partial charge in [-0.3, -0.25) is 9.59 Å². The average Bonchev–Trinajstić information content (AvgIpc) is 3.56. The molecule has 0 spiro atoms. The second kappa shape index (κ2) is 10.1. The highest BCUT2D eigenvalue weighted by Gasteiger charge is 2.52. The zero-order chi connectivity index (χ0) is 26.9. The minimum atomic E-state index is -4.65. The van der Waals surface area contributed by atoms with Crippen molar-refractivity contribution in [2.75, 3.05) is 5.32 Å². The molecule has 0 radical (unpaired) electrons. The Labute approximate surface area is 208 Å². The summed E-state index contributed by atoms with van der Waals surface area (Å²) in [7, 11) is 0. The summed E-state index contributed by atoms with van der Waals surface area (Å²) in [5.41, 5.74) is -0.183. The summed E-state index contributed by atoms with van der Waals surface area (Å²) in [5.74, 6) is -5.71. The molecule has 1 amide bonds. The second-order valence-electron chi connectivity index (χ2n) is 10.4. The quantitative estimate of drug-likeness (QED) is 0.309. The first-order chi connectivity index (χ1) is 16.6. The van der Waals surface area contributed by atoms with Crippen LogP contribution in [-0.2, 0) is 20.7 Å². The predicted molar refractivity (Wildman–Crippen MR) is 131 cm³/mol. The lowest BCUT2D eigenvalue weighted by Gasteiger charge is -2.26. The maximum atomic E-state index is 14.6. The van der Waals surface area contributed by atoms with Crippen LogP contribution in [0, 0.1) is 17.2 Å². The summed E-state index contributed by atoms with van der Waals surface area (Å²) < 4.78 is 61.1. The zero-order valence-corrected chi connectivity index (χ0v) is 20.8. The van der Waals surface area contributed by atoms with Gasteiger partial charge < -0.3 is 10.1 Å². The van der Waals surface area contributed by atoms with E-state index in [2.05, 4.69) is 11.9 Å². The van der Waals surface area contributed by atoms with Gasteiger partial charge in [0, 0.05) is 0 Å². The Balaban J connectivity index is 1.85. The van der Waals surface area contributed by atoms with Crippen LogP contribution in [0.3, 0.4) is 0 Å². The third-order valence-corrected chi connectivity index (χ3v) is 6.35. The number of amides is 1. The Kier molecular flexibility index (Phi) is 7.67. The first-order valence-electron chi connectivity index (χ1n) is 11.8. The van der Waals surface area contributed by atoms with E-state index in [0.717, 1.165) is 13.0 Å². The first-order valence-corrected chi connectivity index (χ1v) is 11.8. The maximum Gasteiger partial charge on any atom is 0.392 e. The van der Waals surface area contributed by atoms with Gasteiger partial charge in [-0.2, -0.15) is 13.2 Å². The number of carbonyl (C=O) groups excluding carboxylic acids is 2. The number of nitrogens with one attached hydrogen (secondary N) is 1. The fraction of sp³-hybridized carbons (Fsp3) is 0.429. The highest BCUT2D eigenvalue weighted by atomic mass is 19.4. The zero-order valence-electron chi connectivity index (χ0n) is 20.8. The van der Waals surface area contributed by atoms with Crippen LogP contribution in [-0.4, -0.2) is 23.7 Å². The van der Waals surface area contributed by atoms with E-state index in [1.165, 1.54) is 30.3 Å². The van der Waals surface area contributed by atoms with E-state index >= 15 is 0 Å². The van der Waals surface area contributed by atoms with Crippen molar-refractivity contribution in [2.45, 2.75) is 64.7 Å². The average molecular weight is 506 g/mol. The molecular weight excluding hydrogens is 474 g/mol. The van der Waals surface area contributed by atoms with Gasteiger partial charge in [0.2, 0.25) is 5.91 Å². The van der Waals surface area contributed by atoms with Gasteiger partial charge in [0.25, 0.3) is 0 Å². The minimum Gasteiger partial charge on any atom is -0.460 e. The van der Waals surface area contributed by atoms with Crippen LogP contribution >= 0.6 is 0 Å². The maximum absolute atomic E-state index is 14.6. The summed E-state index contributed by atoms with van der Waals surface area (Å²) in [4.78, 5) is 25.8. The molecule has 1 fully saturated rings. The van der Waals surface area contributed by atoms with Crippen molar-refractivity contribution in [2.24, 2.45) is 11.3 Å². The lowest BCUT2D eigenvalue weighted by atomic mass is 9.85. The molecule has 0 heterocycles. The van der Waals surface area contributed by atoms with Gasteiger partial charge in [0.15, 0.2) is 0 Å². The Morgan fingerprint density at radius 3 is 2.22 bits per heavy atom. The monoisotopic (exact) mass is 505 g/mol.